The average molecular weight is 388 g/mol. The number of nitrogens with one attached hydrogen (secondary N) is 2. The molecule has 0 bridgehead atoms. The maximum Gasteiger partial charge on any atom is 0.238 e. The van der Waals surface area contributed by atoms with Gasteiger partial charge in [0.1, 0.15) is 0 Å². The lowest BCUT2D eigenvalue weighted by atomic mass is 10.1. The third-order valence-electron chi connectivity index (χ3n) is 4.32. The van der Waals surface area contributed by atoms with Crippen molar-refractivity contribution in [2.75, 3.05) is 30.3 Å². The summed E-state index contributed by atoms with van der Waals surface area (Å²) < 4.78 is 0. The Morgan fingerprint density at radius 2 is 1.41 bits per heavy atom. The molecule has 2 N–H and O–H groups in total. The standard InChI is InChI=1S/C21H26ClN3O2/c1-5-25(12-20(26)23-18-10-14(2)6-7-15(18)3)13-21(27)24-19-11-17(22)9-8-16(19)4/h6-11H,5,12-13H2,1-4H3,(H,23,26)(H,24,27). The molecule has 0 aliphatic rings. The Bertz CT molecular complexity index is 769. The van der Waals surface area contributed by atoms with Gasteiger partial charge in [0, 0.05) is 16.4 Å². The number of rotatable bonds is 7. The first-order valence-electron chi connectivity index (χ1n) is 8.94. The van der Waals surface area contributed by atoms with Gasteiger partial charge in [-0.2, -0.15) is 0 Å². The largest absolute Gasteiger partial charge is 0.325 e. The molecule has 0 fully saturated rings. The van der Waals surface area contributed by atoms with Gasteiger partial charge < -0.3 is 10.6 Å². The van der Waals surface area contributed by atoms with Crippen molar-refractivity contribution in [2.45, 2.75) is 27.7 Å². The highest BCUT2D eigenvalue weighted by atomic mass is 35.5. The Morgan fingerprint density at radius 3 is 1.96 bits per heavy atom. The van der Waals surface area contributed by atoms with E-state index < -0.39 is 0 Å². The summed E-state index contributed by atoms with van der Waals surface area (Å²) in [5.74, 6) is -0.320. The van der Waals surface area contributed by atoms with Crippen LogP contribution in [0.3, 0.4) is 0 Å². The number of carbonyl (C=O) groups excluding carboxylic acids is 2. The summed E-state index contributed by atoms with van der Waals surface area (Å²) in [5, 5.41) is 6.35. The highest BCUT2D eigenvalue weighted by Crippen LogP contribution is 2.20. The summed E-state index contributed by atoms with van der Waals surface area (Å²) >= 11 is 5.99. The molecule has 0 unspecified atom stereocenters. The lowest BCUT2D eigenvalue weighted by molar-refractivity contribution is -0.119. The zero-order valence-corrected chi connectivity index (χ0v) is 17.0. The first kappa shape index (κ1) is 20.9. The summed E-state index contributed by atoms with van der Waals surface area (Å²) in [7, 11) is 0. The van der Waals surface area contributed by atoms with Crippen LogP contribution in [0.2, 0.25) is 5.02 Å². The first-order valence-corrected chi connectivity index (χ1v) is 9.31. The van der Waals surface area contributed by atoms with Crippen molar-refractivity contribution in [3.05, 3.63) is 58.1 Å². The molecule has 144 valence electrons. The van der Waals surface area contributed by atoms with Crippen LogP contribution in [0.25, 0.3) is 0 Å². The fourth-order valence-corrected chi connectivity index (χ4v) is 2.84. The molecule has 5 nitrogen and oxygen atoms in total. The van der Waals surface area contributed by atoms with E-state index in [2.05, 4.69) is 10.6 Å². The third-order valence-corrected chi connectivity index (χ3v) is 4.56. The van der Waals surface area contributed by atoms with Crippen LogP contribution >= 0.6 is 11.6 Å². The average Bonchev–Trinajstić information content (AvgIpc) is 2.60. The summed E-state index contributed by atoms with van der Waals surface area (Å²) in [5.41, 5.74) is 4.51. The smallest absolute Gasteiger partial charge is 0.238 e. The highest BCUT2D eigenvalue weighted by Gasteiger charge is 2.15. The lowest BCUT2D eigenvalue weighted by Gasteiger charge is -2.20. The molecule has 0 spiro atoms. The Morgan fingerprint density at radius 1 is 0.889 bits per heavy atom. The zero-order valence-electron chi connectivity index (χ0n) is 16.2. The molecule has 0 atom stereocenters. The van der Waals surface area contributed by atoms with Crippen molar-refractivity contribution in [3.63, 3.8) is 0 Å². The van der Waals surface area contributed by atoms with E-state index in [1.807, 2.05) is 52.0 Å². The monoisotopic (exact) mass is 387 g/mol. The summed E-state index contributed by atoms with van der Waals surface area (Å²) in [6.45, 7) is 8.62. The third kappa shape index (κ3) is 6.38. The molecule has 2 amide bonds. The van der Waals surface area contributed by atoms with E-state index in [1.165, 1.54) is 0 Å². The van der Waals surface area contributed by atoms with Crippen LogP contribution in [-0.2, 0) is 9.59 Å². The minimum atomic E-state index is -0.179. The lowest BCUT2D eigenvalue weighted by Crippen LogP contribution is -2.38. The second kappa shape index (κ2) is 9.53. The number of amides is 2. The number of aryl methyl sites for hydroxylation is 3. The van der Waals surface area contributed by atoms with Crippen LogP contribution in [0.1, 0.15) is 23.6 Å². The van der Waals surface area contributed by atoms with Crippen LogP contribution in [0.4, 0.5) is 11.4 Å². The second-order valence-electron chi connectivity index (χ2n) is 6.68. The van der Waals surface area contributed by atoms with Gasteiger partial charge in [0.2, 0.25) is 11.8 Å². The van der Waals surface area contributed by atoms with Crippen molar-refractivity contribution < 1.29 is 9.59 Å². The molecule has 0 radical (unpaired) electrons. The fraction of sp³-hybridized carbons (Fsp3) is 0.333. The van der Waals surface area contributed by atoms with Crippen LogP contribution in [0.15, 0.2) is 36.4 Å². The number of hydrogen-bond acceptors (Lipinski definition) is 3. The number of hydrogen-bond donors (Lipinski definition) is 2. The summed E-state index contributed by atoms with van der Waals surface area (Å²) in [6, 6.07) is 11.3. The van der Waals surface area contributed by atoms with Gasteiger partial charge in [-0.1, -0.05) is 36.7 Å². The van der Waals surface area contributed by atoms with Crippen LogP contribution < -0.4 is 10.6 Å². The van der Waals surface area contributed by atoms with Gasteiger partial charge in [0.05, 0.1) is 13.1 Å². The summed E-state index contributed by atoms with van der Waals surface area (Å²) in [6.07, 6.45) is 0. The SMILES string of the molecule is CCN(CC(=O)Nc1cc(C)ccc1C)CC(=O)Nc1cc(Cl)ccc1C. The molecule has 0 aromatic heterocycles. The van der Waals surface area contributed by atoms with E-state index in [9.17, 15) is 9.59 Å². The maximum atomic E-state index is 12.4. The molecule has 2 rings (SSSR count). The molecule has 27 heavy (non-hydrogen) atoms. The van der Waals surface area contributed by atoms with E-state index in [0.717, 1.165) is 22.4 Å². The predicted octanol–water partition coefficient (Wildman–Crippen LogP) is 4.16. The fourth-order valence-electron chi connectivity index (χ4n) is 2.66. The van der Waals surface area contributed by atoms with Gasteiger partial charge in [-0.15, -0.1) is 0 Å². The number of carbonyl (C=O) groups is 2. The van der Waals surface area contributed by atoms with E-state index in [-0.39, 0.29) is 24.9 Å². The molecule has 0 aliphatic heterocycles. The highest BCUT2D eigenvalue weighted by molar-refractivity contribution is 6.31. The van der Waals surface area contributed by atoms with E-state index in [1.54, 1.807) is 17.0 Å². The number of halogens is 1. The molecule has 2 aromatic carbocycles. The molecule has 0 saturated carbocycles. The number of anilines is 2. The van der Waals surface area contributed by atoms with Gasteiger partial charge in [-0.3, -0.25) is 14.5 Å². The minimum Gasteiger partial charge on any atom is -0.325 e. The van der Waals surface area contributed by atoms with Gasteiger partial charge in [-0.25, -0.2) is 0 Å². The Balaban J connectivity index is 1.94. The van der Waals surface area contributed by atoms with Crippen molar-refractivity contribution >= 4 is 34.8 Å². The Hall–Kier alpha value is -2.37. The van der Waals surface area contributed by atoms with E-state index in [0.29, 0.717) is 17.3 Å². The normalized spacial score (nSPS) is 10.7. The Labute approximate surface area is 165 Å². The minimum absolute atomic E-state index is 0.128. The first-order chi connectivity index (χ1) is 12.8. The zero-order chi connectivity index (χ0) is 20.0. The molecule has 6 heteroatoms. The van der Waals surface area contributed by atoms with E-state index in [4.69, 9.17) is 11.6 Å². The predicted molar refractivity (Wildman–Crippen MR) is 111 cm³/mol. The van der Waals surface area contributed by atoms with Crippen LogP contribution in [-0.4, -0.2) is 36.3 Å². The van der Waals surface area contributed by atoms with Crippen molar-refractivity contribution in [3.8, 4) is 0 Å². The van der Waals surface area contributed by atoms with Crippen molar-refractivity contribution in [2.24, 2.45) is 0 Å². The van der Waals surface area contributed by atoms with Gasteiger partial charge in [0.15, 0.2) is 0 Å². The number of likely N-dealkylation sites (N-methyl/N-ethyl adjacent to an activating group) is 1. The molecule has 0 aliphatic carbocycles. The molecule has 0 heterocycles. The molecule has 0 saturated heterocycles. The van der Waals surface area contributed by atoms with Crippen LogP contribution in [0.5, 0.6) is 0 Å². The molecular formula is C21H26ClN3O2. The van der Waals surface area contributed by atoms with Gasteiger partial charge in [0.25, 0.3) is 0 Å². The van der Waals surface area contributed by atoms with Crippen molar-refractivity contribution in [1.29, 1.82) is 0 Å². The summed E-state index contributed by atoms with van der Waals surface area (Å²) in [4.78, 5) is 26.5. The second-order valence-corrected chi connectivity index (χ2v) is 7.11. The number of nitrogens with zero attached hydrogens (tertiary/aromatic N) is 1. The molecular weight excluding hydrogens is 362 g/mol. The quantitative estimate of drug-likeness (QED) is 0.749. The Kier molecular flexibility index (Phi) is 7.39. The maximum absolute atomic E-state index is 12.4. The number of benzene rings is 2. The van der Waals surface area contributed by atoms with Gasteiger partial charge >= 0.3 is 0 Å². The topological polar surface area (TPSA) is 61.4 Å². The van der Waals surface area contributed by atoms with E-state index >= 15 is 0 Å². The van der Waals surface area contributed by atoms with Crippen molar-refractivity contribution in [1.82, 2.24) is 4.90 Å². The molecule has 2 aromatic rings. The van der Waals surface area contributed by atoms with Crippen LogP contribution in [0, 0.1) is 20.8 Å². The van der Waals surface area contributed by atoms with Gasteiger partial charge in [-0.05, 0) is 62.2 Å².